The summed E-state index contributed by atoms with van der Waals surface area (Å²) >= 11 is 4.93. The maximum Gasteiger partial charge on any atom is 0.425 e. The highest BCUT2D eigenvalue weighted by atomic mass is 32.1. The van der Waals surface area contributed by atoms with E-state index in [4.69, 9.17) is 17.0 Å². The molecule has 26 heavy (non-hydrogen) atoms. The molecule has 0 fully saturated rings. The van der Waals surface area contributed by atoms with Gasteiger partial charge in [-0.05, 0) is 46.0 Å². The molecule has 0 aromatic carbocycles. The number of halogens is 3. The van der Waals surface area contributed by atoms with Crippen molar-refractivity contribution < 1.29 is 32.5 Å². The molecular formula is C15H20F3N3O4S. The van der Waals surface area contributed by atoms with E-state index in [-0.39, 0.29) is 29.0 Å². The molecule has 7 nitrogen and oxygen atoms in total. The van der Waals surface area contributed by atoms with Gasteiger partial charge in [0.2, 0.25) is 5.88 Å². The van der Waals surface area contributed by atoms with Crippen LogP contribution in [0.4, 0.5) is 23.8 Å². The normalized spacial score (nSPS) is 12.9. The van der Waals surface area contributed by atoms with E-state index < -0.39 is 24.0 Å². The Bertz CT molecular complexity index is 663. The van der Waals surface area contributed by atoms with Crippen molar-refractivity contribution in [3.05, 3.63) is 17.7 Å². The molecule has 3 N–H and O–H groups in total. The first-order valence-corrected chi connectivity index (χ1v) is 7.97. The van der Waals surface area contributed by atoms with Gasteiger partial charge >= 0.3 is 12.3 Å². The Hall–Kier alpha value is -2.14. The minimum atomic E-state index is -4.56. The number of thiocarbonyl (C=S) groups is 1. The van der Waals surface area contributed by atoms with Gasteiger partial charge in [-0.25, -0.2) is 4.79 Å². The van der Waals surface area contributed by atoms with E-state index in [1.807, 2.05) is 0 Å². The number of aliphatic hydroxyl groups is 1. The summed E-state index contributed by atoms with van der Waals surface area (Å²) in [5.74, 6) is -0.393. The van der Waals surface area contributed by atoms with Crippen LogP contribution in [0.3, 0.4) is 0 Å². The van der Waals surface area contributed by atoms with Crippen molar-refractivity contribution >= 4 is 29.2 Å². The standard InChI is InChI=1S/C15H20F3N3O4S/c1-5-24-13(22)21-12(26)20-11-9(14(3,4)23)6-7-10(19-11)25-8(2)15(16,17)18/h6-8,23H,5H2,1-4H3,(H2,19,20,21,22,26). The van der Waals surface area contributed by atoms with Gasteiger partial charge in [-0.15, -0.1) is 0 Å². The maximum atomic E-state index is 12.6. The zero-order chi connectivity index (χ0) is 20.1. The summed E-state index contributed by atoms with van der Waals surface area (Å²) in [6, 6.07) is 2.54. The van der Waals surface area contributed by atoms with Crippen molar-refractivity contribution in [2.75, 3.05) is 11.9 Å². The third kappa shape index (κ3) is 6.64. The Balaban J connectivity index is 3.07. The van der Waals surface area contributed by atoms with E-state index in [1.54, 1.807) is 6.92 Å². The quantitative estimate of drug-likeness (QED) is 0.660. The highest BCUT2D eigenvalue weighted by molar-refractivity contribution is 7.80. The number of nitrogens with zero attached hydrogens (tertiary/aromatic N) is 1. The summed E-state index contributed by atoms with van der Waals surface area (Å²) in [5, 5.41) is 14.7. The molecule has 0 aliphatic rings. The number of anilines is 1. The zero-order valence-corrected chi connectivity index (χ0v) is 15.4. The maximum absolute atomic E-state index is 12.6. The third-order valence-corrected chi connectivity index (χ3v) is 3.21. The second-order valence-electron chi connectivity index (χ2n) is 5.71. The zero-order valence-electron chi connectivity index (χ0n) is 14.6. The fourth-order valence-electron chi connectivity index (χ4n) is 1.74. The Labute approximate surface area is 153 Å². The third-order valence-electron chi connectivity index (χ3n) is 3.01. The molecule has 1 amide bonds. The number of carbonyl (C=O) groups excluding carboxylic acids is 1. The number of hydrogen-bond acceptors (Lipinski definition) is 6. The number of pyridine rings is 1. The molecule has 0 bridgehead atoms. The number of ether oxygens (including phenoxy) is 2. The molecule has 1 atom stereocenters. The average molecular weight is 395 g/mol. The Morgan fingerprint density at radius 3 is 2.50 bits per heavy atom. The molecule has 146 valence electrons. The summed E-state index contributed by atoms with van der Waals surface area (Å²) in [4.78, 5) is 15.3. The number of aromatic nitrogens is 1. The number of rotatable bonds is 5. The number of alkyl carbamates (subject to hydrolysis) is 1. The lowest BCUT2D eigenvalue weighted by atomic mass is 9.99. The molecule has 0 radical (unpaired) electrons. The van der Waals surface area contributed by atoms with Crippen LogP contribution in [0.25, 0.3) is 0 Å². The van der Waals surface area contributed by atoms with Gasteiger partial charge in [0.1, 0.15) is 5.82 Å². The van der Waals surface area contributed by atoms with Crippen molar-refractivity contribution in [2.45, 2.75) is 45.6 Å². The summed E-state index contributed by atoms with van der Waals surface area (Å²) in [6.45, 7) is 5.48. The van der Waals surface area contributed by atoms with Gasteiger partial charge in [-0.1, -0.05) is 0 Å². The predicted molar refractivity (Wildman–Crippen MR) is 92.0 cm³/mol. The highest BCUT2D eigenvalue weighted by Crippen LogP contribution is 2.30. The van der Waals surface area contributed by atoms with Crippen LogP contribution in [0.15, 0.2) is 12.1 Å². The largest absolute Gasteiger partial charge is 0.465 e. The van der Waals surface area contributed by atoms with Crippen LogP contribution in [0, 0.1) is 0 Å². The molecule has 0 saturated carbocycles. The number of nitrogens with one attached hydrogen (secondary N) is 2. The number of carbonyl (C=O) groups is 1. The summed E-state index contributed by atoms with van der Waals surface area (Å²) < 4.78 is 47.4. The van der Waals surface area contributed by atoms with Crippen LogP contribution >= 0.6 is 12.2 Å². The molecule has 11 heteroatoms. The fourth-order valence-corrected chi connectivity index (χ4v) is 1.92. The molecule has 1 aromatic rings. The fraction of sp³-hybridized carbons (Fsp3) is 0.533. The molecule has 0 spiro atoms. The van der Waals surface area contributed by atoms with Crippen molar-refractivity contribution in [3.8, 4) is 5.88 Å². The molecule has 1 rings (SSSR count). The number of alkyl halides is 3. The van der Waals surface area contributed by atoms with Gasteiger partial charge in [-0.3, -0.25) is 5.32 Å². The van der Waals surface area contributed by atoms with Gasteiger partial charge in [0.05, 0.1) is 12.2 Å². The van der Waals surface area contributed by atoms with Crippen LogP contribution in [-0.4, -0.2) is 40.2 Å². The lowest BCUT2D eigenvalue weighted by Gasteiger charge is -2.23. The monoisotopic (exact) mass is 395 g/mol. The van der Waals surface area contributed by atoms with Crippen LogP contribution in [0.1, 0.15) is 33.3 Å². The molecule has 0 saturated heterocycles. The summed E-state index contributed by atoms with van der Waals surface area (Å²) in [5.41, 5.74) is -1.15. The van der Waals surface area contributed by atoms with E-state index in [2.05, 4.69) is 20.4 Å². The first-order valence-electron chi connectivity index (χ1n) is 7.56. The SMILES string of the molecule is CCOC(=O)NC(=S)Nc1nc(OC(C)C(F)(F)F)ccc1C(C)(C)O. The molecule has 0 aliphatic heterocycles. The molecular weight excluding hydrogens is 375 g/mol. The van der Waals surface area contributed by atoms with Crippen LogP contribution < -0.4 is 15.4 Å². The van der Waals surface area contributed by atoms with E-state index in [0.29, 0.717) is 0 Å². The lowest BCUT2D eigenvalue weighted by Crippen LogP contribution is -2.36. The molecule has 1 heterocycles. The van der Waals surface area contributed by atoms with E-state index in [9.17, 15) is 23.1 Å². The van der Waals surface area contributed by atoms with Crippen molar-refractivity contribution in [1.82, 2.24) is 10.3 Å². The lowest BCUT2D eigenvalue weighted by molar-refractivity contribution is -0.189. The van der Waals surface area contributed by atoms with E-state index >= 15 is 0 Å². The minimum absolute atomic E-state index is 0.0637. The average Bonchev–Trinajstić information content (AvgIpc) is 2.45. The van der Waals surface area contributed by atoms with Gasteiger partial charge in [-0.2, -0.15) is 18.2 Å². The van der Waals surface area contributed by atoms with Crippen molar-refractivity contribution in [1.29, 1.82) is 0 Å². The van der Waals surface area contributed by atoms with Crippen LogP contribution in [0.5, 0.6) is 5.88 Å². The molecule has 0 aliphatic carbocycles. The number of hydrogen-bond donors (Lipinski definition) is 3. The Morgan fingerprint density at radius 1 is 1.38 bits per heavy atom. The van der Waals surface area contributed by atoms with Crippen molar-refractivity contribution in [2.24, 2.45) is 0 Å². The Morgan fingerprint density at radius 2 is 2.00 bits per heavy atom. The topological polar surface area (TPSA) is 92.7 Å². The van der Waals surface area contributed by atoms with Crippen LogP contribution in [-0.2, 0) is 10.3 Å². The smallest absolute Gasteiger partial charge is 0.425 e. The molecule has 1 aromatic heterocycles. The van der Waals surface area contributed by atoms with Gasteiger partial charge in [0.25, 0.3) is 0 Å². The molecule has 1 unspecified atom stereocenters. The highest BCUT2D eigenvalue weighted by Gasteiger charge is 2.38. The van der Waals surface area contributed by atoms with Gasteiger partial charge in [0, 0.05) is 11.6 Å². The predicted octanol–water partition coefficient (Wildman–Crippen LogP) is 3.08. The second-order valence-corrected chi connectivity index (χ2v) is 6.11. The summed E-state index contributed by atoms with van der Waals surface area (Å²) in [6.07, 6.45) is -7.46. The van der Waals surface area contributed by atoms with Gasteiger partial charge in [0.15, 0.2) is 11.2 Å². The Kier molecular flexibility index (Phi) is 7.16. The first kappa shape index (κ1) is 21.9. The van der Waals surface area contributed by atoms with E-state index in [0.717, 1.165) is 6.92 Å². The minimum Gasteiger partial charge on any atom is -0.465 e. The first-order chi connectivity index (χ1) is 11.8. The second kappa shape index (κ2) is 8.49. The summed E-state index contributed by atoms with van der Waals surface area (Å²) in [7, 11) is 0. The number of amides is 1. The van der Waals surface area contributed by atoms with Gasteiger partial charge < -0.3 is 19.9 Å². The van der Waals surface area contributed by atoms with E-state index in [1.165, 1.54) is 26.0 Å². The van der Waals surface area contributed by atoms with Crippen molar-refractivity contribution in [3.63, 3.8) is 0 Å². The van der Waals surface area contributed by atoms with Crippen LogP contribution in [0.2, 0.25) is 0 Å².